The Hall–Kier alpha value is -2.43. The molecule has 3 N–H and O–H groups in total. The first-order valence-corrected chi connectivity index (χ1v) is 6.08. The standard InChI is InChI=1S/C14H16N4O/c15-14(16)13-4-3-12(10-18-13)19-9-1-2-11-5-7-17-8-6-11/h3-8,10H,1-2,9H2,(H3,15,16). The molecule has 19 heavy (non-hydrogen) atoms. The lowest BCUT2D eigenvalue weighted by Crippen LogP contribution is -2.12. The molecule has 0 aromatic carbocycles. The van der Waals surface area contributed by atoms with Gasteiger partial charge in [-0.25, -0.2) is 4.98 Å². The molecule has 0 radical (unpaired) electrons. The Kier molecular flexibility index (Phi) is 4.44. The van der Waals surface area contributed by atoms with Gasteiger partial charge in [0.1, 0.15) is 17.3 Å². The molecule has 2 aromatic heterocycles. The van der Waals surface area contributed by atoms with Crippen LogP contribution in [0, 0.1) is 5.41 Å². The van der Waals surface area contributed by atoms with Gasteiger partial charge in [0.2, 0.25) is 0 Å². The number of nitrogens with two attached hydrogens (primary N) is 1. The highest BCUT2D eigenvalue weighted by Crippen LogP contribution is 2.10. The summed E-state index contributed by atoms with van der Waals surface area (Å²) in [5, 5.41) is 7.24. The summed E-state index contributed by atoms with van der Waals surface area (Å²) in [6.07, 6.45) is 7.06. The second kappa shape index (κ2) is 6.49. The smallest absolute Gasteiger partial charge is 0.141 e. The van der Waals surface area contributed by atoms with Gasteiger partial charge in [0.05, 0.1) is 12.8 Å². The lowest BCUT2D eigenvalue weighted by molar-refractivity contribution is 0.310. The van der Waals surface area contributed by atoms with E-state index in [4.69, 9.17) is 15.9 Å². The van der Waals surface area contributed by atoms with Crippen LogP contribution in [0.25, 0.3) is 0 Å². The van der Waals surface area contributed by atoms with Crippen molar-refractivity contribution in [3.05, 3.63) is 54.1 Å². The van der Waals surface area contributed by atoms with Crippen molar-refractivity contribution in [3.63, 3.8) is 0 Å². The highest BCUT2D eigenvalue weighted by atomic mass is 16.5. The minimum atomic E-state index is -0.0377. The van der Waals surface area contributed by atoms with Crippen LogP contribution in [0.2, 0.25) is 0 Å². The van der Waals surface area contributed by atoms with Gasteiger partial charge < -0.3 is 10.5 Å². The average Bonchev–Trinajstić information content (AvgIpc) is 2.45. The topological polar surface area (TPSA) is 84.9 Å². The molecule has 0 bridgehead atoms. The third-order valence-electron chi connectivity index (χ3n) is 2.64. The molecular formula is C14H16N4O. The molecule has 0 saturated heterocycles. The Morgan fingerprint density at radius 2 is 2.00 bits per heavy atom. The Labute approximate surface area is 112 Å². The molecule has 5 heteroatoms. The first-order valence-electron chi connectivity index (χ1n) is 6.08. The Morgan fingerprint density at radius 1 is 1.21 bits per heavy atom. The van der Waals surface area contributed by atoms with E-state index >= 15 is 0 Å². The van der Waals surface area contributed by atoms with Crippen LogP contribution in [0.3, 0.4) is 0 Å². The summed E-state index contributed by atoms with van der Waals surface area (Å²) < 4.78 is 5.57. The lowest BCUT2D eigenvalue weighted by Gasteiger charge is -2.06. The van der Waals surface area contributed by atoms with Crippen LogP contribution in [0.5, 0.6) is 5.75 Å². The number of aromatic nitrogens is 2. The van der Waals surface area contributed by atoms with E-state index in [9.17, 15) is 0 Å². The number of amidine groups is 1. The van der Waals surface area contributed by atoms with Crippen molar-refractivity contribution in [2.75, 3.05) is 6.61 Å². The van der Waals surface area contributed by atoms with Crippen LogP contribution in [-0.4, -0.2) is 22.4 Å². The second-order valence-electron chi connectivity index (χ2n) is 4.10. The van der Waals surface area contributed by atoms with Crippen molar-refractivity contribution in [1.82, 2.24) is 9.97 Å². The molecule has 0 aliphatic carbocycles. The molecule has 0 atom stereocenters. The zero-order chi connectivity index (χ0) is 13.5. The fraction of sp³-hybridized carbons (Fsp3) is 0.214. The number of ether oxygens (including phenoxy) is 1. The van der Waals surface area contributed by atoms with Crippen molar-refractivity contribution in [2.24, 2.45) is 5.73 Å². The van der Waals surface area contributed by atoms with Crippen molar-refractivity contribution < 1.29 is 4.74 Å². The molecule has 2 heterocycles. The van der Waals surface area contributed by atoms with Gasteiger partial charge in [-0.3, -0.25) is 10.4 Å². The lowest BCUT2D eigenvalue weighted by atomic mass is 10.1. The molecule has 98 valence electrons. The quantitative estimate of drug-likeness (QED) is 0.468. The van der Waals surface area contributed by atoms with Crippen LogP contribution < -0.4 is 10.5 Å². The molecule has 0 unspecified atom stereocenters. The number of rotatable bonds is 6. The number of hydrogen-bond acceptors (Lipinski definition) is 4. The van der Waals surface area contributed by atoms with Gasteiger partial charge in [-0.15, -0.1) is 0 Å². The highest BCUT2D eigenvalue weighted by molar-refractivity contribution is 5.92. The van der Waals surface area contributed by atoms with Crippen LogP contribution in [-0.2, 0) is 6.42 Å². The van der Waals surface area contributed by atoms with Gasteiger partial charge in [-0.2, -0.15) is 0 Å². The number of nitrogen functional groups attached to an aromatic ring is 1. The van der Waals surface area contributed by atoms with Gasteiger partial charge in [0.15, 0.2) is 0 Å². The fourth-order valence-corrected chi connectivity index (χ4v) is 1.64. The van der Waals surface area contributed by atoms with Crippen molar-refractivity contribution in [1.29, 1.82) is 5.41 Å². The fourth-order valence-electron chi connectivity index (χ4n) is 1.64. The normalized spacial score (nSPS) is 10.1. The van der Waals surface area contributed by atoms with Gasteiger partial charge in [0, 0.05) is 12.4 Å². The van der Waals surface area contributed by atoms with E-state index < -0.39 is 0 Å². The van der Waals surface area contributed by atoms with E-state index in [0.717, 1.165) is 12.8 Å². The number of aryl methyl sites for hydroxylation is 1. The minimum Gasteiger partial charge on any atom is -0.492 e. The molecule has 0 amide bonds. The molecule has 2 rings (SSSR count). The van der Waals surface area contributed by atoms with Crippen LogP contribution >= 0.6 is 0 Å². The van der Waals surface area contributed by atoms with E-state index in [1.165, 1.54) is 5.56 Å². The van der Waals surface area contributed by atoms with Crippen LogP contribution in [0.4, 0.5) is 0 Å². The number of nitrogens with one attached hydrogen (secondary N) is 1. The maximum absolute atomic E-state index is 7.24. The summed E-state index contributed by atoms with van der Waals surface area (Å²) in [5.74, 6) is 0.656. The SMILES string of the molecule is N=C(N)c1ccc(OCCCc2ccncc2)cn1. The van der Waals surface area contributed by atoms with Gasteiger partial charge >= 0.3 is 0 Å². The van der Waals surface area contributed by atoms with Gasteiger partial charge in [-0.05, 0) is 42.7 Å². The molecule has 0 aliphatic heterocycles. The zero-order valence-electron chi connectivity index (χ0n) is 10.5. The van der Waals surface area contributed by atoms with Crippen molar-refractivity contribution in [2.45, 2.75) is 12.8 Å². The number of pyridine rings is 2. The third-order valence-corrected chi connectivity index (χ3v) is 2.64. The summed E-state index contributed by atoms with van der Waals surface area (Å²) in [6.45, 7) is 0.628. The van der Waals surface area contributed by atoms with E-state index in [1.54, 1.807) is 30.7 Å². The van der Waals surface area contributed by atoms with Crippen molar-refractivity contribution in [3.8, 4) is 5.75 Å². The monoisotopic (exact) mass is 256 g/mol. The first kappa shape index (κ1) is 13.0. The highest BCUT2D eigenvalue weighted by Gasteiger charge is 1.99. The van der Waals surface area contributed by atoms with Crippen molar-refractivity contribution >= 4 is 5.84 Å². The minimum absolute atomic E-state index is 0.0377. The first-order chi connectivity index (χ1) is 9.25. The molecule has 0 spiro atoms. The van der Waals surface area contributed by atoms with E-state index in [2.05, 4.69) is 9.97 Å². The zero-order valence-corrected chi connectivity index (χ0v) is 10.5. The van der Waals surface area contributed by atoms with Crippen LogP contribution in [0.1, 0.15) is 17.7 Å². The second-order valence-corrected chi connectivity index (χ2v) is 4.10. The Balaban J connectivity index is 1.75. The molecule has 0 saturated carbocycles. The number of hydrogen-bond donors (Lipinski definition) is 2. The largest absolute Gasteiger partial charge is 0.492 e. The molecule has 5 nitrogen and oxygen atoms in total. The van der Waals surface area contributed by atoms with Gasteiger partial charge in [0.25, 0.3) is 0 Å². The maximum Gasteiger partial charge on any atom is 0.141 e. The summed E-state index contributed by atoms with van der Waals surface area (Å²) in [6, 6.07) is 7.46. The van der Waals surface area contributed by atoms with E-state index in [1.807, 2.05) is 12.1 Å². The molecular weight excluding hydrogens is 240 g/mol. The van der Waals surface area contributed by atoms with Gasteiger partial charge in [-0.1, -0.05) is 0 Å². The number of nitrogens with zero attached hydrogens (tertiary/aromatic N) is 2. The summed E-state index contributed by atoms with van der Waals surface area (Å²) >= 11 is 0. The summed E-state index contributed by atoms with van der Waals surface area (Å²) in [4.78, 5) is 8.01. The predicted octanol–water partition coefficient (Wildman–Crippen LogP) is 1.77. The Bertz CT molecular complexity index is 525. The molecule has 0 aliphatic rings. The Morgan fingerprint density at radius 3 is 2.63 bits per heavy atom. The van der Waals surface area contributed by atoms with E-state index in [0.29, 0.717) is 18.1 Å². The predicted molar refractivity (Wildman–Crippen MR) is 73.3 cm³/mol. The molecule has 2 aromatic rings. The summed E-state index contributed by atoms with van der Waals surface area (Å²) in [7, 11) is 0. The maximum atomic E-state index is 7.24. The van der Waals surface area contributed by atoms with Crippen LogP contribution in [0.15, 0.2) is 42.9 Å². The van der Waals surface area contributed by atoms with E-state index in [-0.39, 0.29) is 5.84 Å². The summed E-state index contributed by atoms with van der Waals surface area (Å²) in [5.41, 5.74) is 7.04. The third kappa shape index (κ3) is 4.06. The molecule has 0 fully saturated rings. The average molecular weight is 256 g/mol.